The standard InChI is InChI=1S/C16H26N4O2.C2H6/c1-11-7-12(19-15(21)22-16(2,3)4)10-20(9-11)14-5-6-18-8-13(14)17;1-2/h5-6,8,11-12H,7,9-10,17H2,1-4H3,(H,19,21);1-2H3. The van der Waals surface area contributed by atoms with Crippen LogP contribution in [0.5, 0.6) is 0 Å². The number of pyridine rings is 1. The lowest BCUT2D eigenvalue weighted by Gasteiger charge is -2.38. The van der Waals surface area contributed by atoms with Crippen molar-refractivity contribution in [3.8, 4) is 0 Å². The zero-order valence-electron chi connectivity index (χ0n) is 15.8. The Balaban J connectivity index is 0.00000139. The maximum Gasteiger partial charge on any atom is 0.407 e. The third kappa shape index (κ3) is 6.26. The van der Waals surface area contributed by atoms with Gasteiger partial charge >= 0.3 is 6.09 Å². The Kier molecular flexibility index (Phi) is 7.32. The van der Waals surface area contributed by atoms with E-state index in [0.717, 1.165) is 25.2 Å². The number of alkyl carbamates (subject to hydrolysis) is 1. The number of hydrogen-bond donors (Lipinski definition) is 2. The van der Waals surface area contributed by atoms with Crippen molar-refractivity contribution in [2.75, 3.05) is 23.7 Å². The number of amides is 1. The van der Waals surface area contributed by atoms with Crippen LogP contribution in [0.1, 0.15) is 48.0 Å². The van der Waals surface area contributed by atoms with Gasteiger partial charge < -0.3 is 20.7 Å². The van der Waals surface area contributed by atoms with Gasteiger partial charge in [-0.3, -0.25) is 4.98 Å². The van der Waals surface area contributed by atoms with Crippen LogP contribution in [0, 0.1) is 5.92 Å². The SMILES string of the molecule is CC.CC1CC(NC(=O)OC(C)(C)C)CN(c2ccncc2N)C1. The molecule has 1 aromatic heterocycles. The van der Waals surface area contributed by atoms with Crippen molar-refractivity contribution >= 4 is 17.5 Å². The molecule has 24 heavy (non-hydrogen) atoms. The highest BCUT2D eigenvalue weighted by atomic mass is 16.6. The Morgan fingerprint density at radius 2 is 2.04 bits per heavy atom. The Morgan fingerprint density at radius 1 is 1.38 bits per heavy atom. The highest BCUT2D eigenvalue weighted by Gasteiger charge is 2.28. The lowest BCUT2D eigenvalue weighted by molar-refractivity contribution is 0.0495. The summed E-state index contributed by atoms with van der Waals surface area (Å²) in [6.45, 7) is 13.4. The number of nitrogens with zero attached hydrogens (tertiary/aromatic N) is 2. The Labute approximate surface area is 145 Å². The molecule has 0 spiro atoms. The molecule has 0 aliphatic carbocycles. The minimum Gasteiger partial charge on any atom is -0.444 e. The van der Waals surface area contributed by atoms with Crippen LogP contribution >= 0.6 is 0 Å². The first-order chi connectivity index (χ1) is 11.2. The fourth-order valence-electron chi connectivity index (χ4n) is 2.81. The van der Waals surface area contributed by atoms with E-state index in [0.29, 0.717) is 11.6 Å². The van der Waals surface area contributed by atoms with Crippen LogP contribution in [0.15, 0.2) is 18.5 Å². The fraction of sp³-hybridized carbons (Fsp3) is 0.667. The zero-order valence-corrected chi connectivity index (χ0v) is 15.8. The Hall–Kier alpha value is -1.98. The van der Waals surface area contributed by atoms with E-state index in [1.807, 2.05) is 40.7 Å². The summed E-state index contributed by atoms with van der Waals surface area (Å²) >= 11 is 0. The van der Waals surface area contributed by atoms with Crippen LogP contribution in [-0.2, 0) is 4.74 Å². The van der Waals surface area contributed by atoms with E-state index in [1.165, 1.54) is 0 Å². The minimum absolute atomic E-state index is 0.0474. The Bertz CT molecular complexity index is 528. The number of aromatic nitrogens is 1. The summed E-state index contributed by atoms with van der Waals surface area (Å²) in [5, 5.41) is 2.97. The molecule has 0 saturated carbocycles. The molecule has 1 amide bonds. The molecule has 0 radical (unpaired) electrons. The third-order valence-corrected chi connectivity index (χ3v) is 3.55. The van der Waals surface area contributed by atoms with Crippen molar-refractivity contribution in [2.45, 2.75) is 59.6 Å². The normalized spacial score (nSPS) is 20.7. The van der Waals surface area contributed by atoms with E-state index in [9.17, 15) is 4.79 Å². The lowest BCUT2D eigenvalue weighted by Crippen LogP contribution is -2.51. The molecule has 1 aromatic rings. The number of carbonyl (C=O) groups is 1. The van der Waals surface area contributed by atoms with Crippen molar-refractivity contribution in [1.29, 1.82) is 0 Å². The van der Waals surface area contributed by atoms with E-state index in [-0.39, 0.29) is 12.1 Å². The van der Waals surface area contributed by atoms with Gasteiger partial charge in [-0.25, -0.2) is 4.79 Å². The summed E-state index contributed by atoms with van der Waals surface area (Å²) in [4.78, 5) is 18.2. The van der Waals surface area contributed by atoms with Gasteiger partial charge in [0.1, 0.15) is 5.60 Å². The maximum absolute atomic E-state index is 12.0. The van der Waals surface area contributed by atoms with Crippen molar-refractivity contribution < 1.29 is 9.53 Å². The van der Waals surface area contributed by atoms with Crippen LogP contribution in [0.25, 0.3) is 0 Å². The summed E-state index contributed by atoms with van der Waals surface area (Å²) < 4.78 is 5.34. The summed E-state index contributed by atoms with van der Waals surface area (Å²) in [6.07, 6.45) is 3.96. The van der Waals surface area contributed by atoms with Crippen LogP contribution in [0.3, 0.4) is 0 Å². The van der Waals surface area contributed by atoms with Gasteiger partial charge in [-0.2, -0.15) is 0 Å². The number of piperidine rings is 1. The van der Waals surface area contributed by atoms with E-state index in [4.69, 9.17) is 10.5 Å². The molecular formula is C18H32N4O2. The summed E-state index contributed by atoms with van der Waals surface area (Å²) in [6, 6.07) is 1.96. The second kappa shape index (κ2) is 8.76. The molecule has 2 heterocycles. The van der Waals surface area contributed by atoms with Gasteiger partial charge in [0.15, 0.2) is 0 Å². The average molecular weight is 336 g/mol. The topological polar surface area (TPSA) is 80.5 Å². The molecule has 1 saturated heterocycles. The van der Waals surface area contributed by atoms with E-state index >= 15 is 0 Å². The van der Waals surface area contributed by atoms with Crippen molar-refractivity contribution in [3.63, 3.8) is 0 Å². The van der Waals surface area contributed by atoms with Crippen molar-refractivity contribution in [3.05, 3.63) is 18.5 Å². The van der Waals surface area contributed by atoms with Crippen LogP contribution in [0.2, 0.25) is 0 Å². The first-order valence-electron chi connectivity index (χ1n) is 8.68. The molecule has 0 aromatic carbocycles. The van der Waals surface area contributed by atoms with Crippen LogP contribution < -0.4 is 16.0 Å². The summed E-state index contributed by atoms with van der Waals surface area (Å²) in [5.41, 5.74) is 7.15. The predicted octanol–water partition coefficient (Wildman–Crippen LogP) is 3.43. The number of rotatable bonds is 2. The molecule has 6 heteroatoms. The number of anilines is 2. The van der Waals surface area contributed by atoms with Crippen molar-refractivity contribution in [1.82, 2.24) is 10.3 Å². The molecule has 3 N–H and O–H groups in total. The minimum atomic E-state index is -0.487. The molecule has 1 aliphatic heterocycles. The Morgan fingerprint density at radius 3 is 2.62 bits per heavy atom. The van der Waals surface area contributed by atoms with Gasteiger partial charge in [0.05, 0.1) is 17.6 Å². The molecule has 6 nitrogen and oxygen atoms in total. The number of carbonyl (C=O) groups excluding carboxylic acids is 1. The van der Waals surface area contributed by atoms with Gasteiger partial charge in [-0.05, 0) is 39.2 Å². The monoisotopic (exact) mass is 336 g/mol. The fourth-order valence-corrected chi connectivity index (χ4v) is 2.81. The van der Waals surface area contributed by atoms with E-state index in [2.05, 4.69) is 22.1 Å². The summed E-state index contributed by atoms with van der Waals surface area (Å²) in [7, 11) is 0. The molecule has 136 valence electrons. The average Bonchev–Trinajstić information content (AvgIpc) is 2.47. The highest BCUT2D eigenvalue weighted by Crippen LogP contribution is 2.27. The molecule has 2 rings (SSSR count). The number of nitrogens with two attached hydrogens (primary N) is 1. The molecular weight excluding hydrogens is 304 g/mol. The van der Waals surface area contributed by atoms with Crippen LogP contribution in [0.4, 0.5) is 16.2 Å². The zero-order chi connectivity index (χ0) is 18.3. The predicted molar refractivity (Wildman–Crippen MR) is 99.1 cm³/mol. The molecule has 2 unspecified atom stereocenters. The second-order valence-electron chi connectivity index (χ2n) is 7.02. The largest absolute Gasteiger partial charge is 0.444 e. The highest BCUT2D eigenvalue weighted by molar-refractivity contribution is 5.69. The maximum atomic E-state index is 12.0. The quantitative estimate of drug-likeness (QED) is 0.865. The van der Waals surface area contributed by atoms with E-state index < -0.39 is 5.60 Å². The van der Waals surface area contributed by atoms with Crippen LogP contribution in [-0.4, -0.2) is 35.8 Å². The first kappa shape index (κ1) is 20.1. The van der Waals surface area contributed by atoms with Gasteiger partial charge in [-0.1, -0.05) is 20.8 Å². The molecule has 0 bridgehead atoms. The van der Waals surface area contributed by atoms with E-state index in [1.54, 1.807) is 12.4 Å². The van der Waals surface area contributed by atoms with Gasteiger partial charge in [0.25, 0.3) is 0 Å². The number of hydrogen-bond acceptors (Lipinski definition) is 5. The van der Waals surface area contributed by atoms with Crippen molar-refractivity contribution in [2.24, 2.45) is 5.92 Å². The molecule has 1 fully saturated rings. The lowest BCUT2D eigenvalue weighted by atomic mass is 9.95. The number of nitrogens with one attached hydrogen (secondary N) is 1. The third-order valence-electron chi connectivity index (χ3n) is 3.55. The summed E-state index contributed by atoms with van der Waals surface area (Å²) in [5.74, 6) is 0.459. The number of nitrogen functional groups attached to an aromatic ring is 1. The van der Waals surface area contributed by atoms with Gasteiger partial charge in [-0.15, -0.1) is 0 Å². The van der Waals surface area contributed by atoms with Gasteiger partial charge in [0.2, 0.25) is 0 Å². The first-order valence-corrected chi connectivity index (χ1v) is 8.68. The smallest absolute Gasteiger partial charge is 0.407 e. The molecule has 2 atom stereocenters. The van der Waals surface area contributed by atoms with Gasteiger partial charge in [0, 0.05) is 25.3 Å². The molecule has 1 aliphatic rings. The second-order valence-corrected chi connectivity index (χ2v) is 7.02. The number of ether oxygens (including phenoxy) is 1.